The highest BCUT2D eigenvalue weighted by Crippen LogP contribution is 2.25. The first-order valence-corrected chi connectivity index (χ1v) is 10.1. The topological polar surface area (TPSA) is 62.2 Å². The number of halogens is 2. The third-order valence-corrected chi connectivity index (χ3v) is 5.31. The highest BCUT2D eigenvalue weighted by atomic mass is 35.5. The van der Waals surface area contributed by atoms with Crippen molar-refractivity contribution in [3.63, 3.8) is 0 Å². The first-order valence-electron chi connectivity index (χ1n) is 9.69. The predicted octanol–water partition coefficient (Wildman–Crippen LogP) is 3.42. The minimum absolute atomic E-state index is 0. The molecule has 1 atom stereocenters. The number of ether oxygens (including phenoxy) is 2. The summed E-state index contributed by atoms with van der Waals surface area (Å²) >= 11 is 6.14. The van der Waals surface area contributed by atoms with Crippen LogP contribution in [0.1, 0.15) is 15.9 Å². The number of aliphatic hydroxyl groups is 1. The van der Waals surface area contributed by atoms with Crippen molar-refractivity contribution in [2.24, 2.45) is 0 Å². The van der Waals surface area contributed by atoms with Crippen LogP contribution < -0.4 is 9.64 Å². The molecule has 1 heterocycles. The second kappa shape index (κ2) is 11.4. The Kier molecular flexibility index (Phi) is 9.24. The summed E-state index contributed by atoms with van der Waals surface area (Å²) in [7, 11) is 1.35. The van der Waals surface area contributed by atoms with Gasteiger partial charge in [0, 0.05) is 43.4 Å². The number of β-amino-alcohol motifs (C(OH)–C–C–N with tert-alkyl or cyclic N) is 1. The number of hydrogen-bond acceptors (Lipinski definition) is 6. The number of esters is 1. The smallest absolute Gasteiger partial charge is 0.337 e. The van der Waals surface area contributed by atoms with Crippen molar-refractivity contribution in [2.45, 2.75) is 13.0 Å². The van der Waals surface area contributed by atoms with Gasteiger partial charge in [-0.2, -0.15) is 0 Å². The van der Waals surface area contributed by atoms with Crippen LogP contribution in [0, 0.1) is 6.92 Å². The Morgan fingerprint density at radius 3 is 2.43 bits per heavy atom. The van der Waals surface area contributed by atoms with Crippen molar-refractivity contribution in [3.05, 3.63) is 58.6 Å². The number of carbonyl (C=O) groups excluding carboxylic acids is 1. The van der Waals surface area contributed by atoms with E-state index in [1.54, 1.807) is 24.3 Å². The molecule has 0 saturated carbocycles. The number of piperazine rings is 1. The summed E-state index contributed by atoms with van der Waals surface area (Å²) in [5.41, 5.74) is 2.86. The van der Waals surface area contributed by atoms with Crippen molar-refractivity contribution >= 4 is 35.7 Å². The van der Waals surface area contributed by atoms with Crippen molar-refractivity contribution in [1.82, 2.24) is 4.90 Å². The minimum atomic E-state index is -0.588. The average molecular weight is 455 g/mol. The molecule has 164 valence electrons. The molecular formula is C22H28Cl2N2O4. The summed E-state index contributed by atoms with van der Waals surface area (Å²) in [5.74, 6) is 0.224. The lowest BCUT2D eigenvalue weighted by molar-refractivity contribution is 0.0599. The van der Waals surface area contributed by atoms with E-state index in [4.69, 9.17) is 16.3 Å². The number of aliphatic hydroxyl groups excluding tert-OH is 1. The van der Waals surface area contributed by atoms with Crippen LogP contribution in [0.15, 0.2) is 42.5 Å². The molecule has 0 radical (unpaired) electrons. The number of anilines is 1. The van der Waals surface area contributed by atoms with Gasteiger partial charge in [-0.05, 0) is 48.9 Å². The van der Waals surface area contributed by atoms with E-state index < -0.39 is 6.10 Å². The van der Waals surface area contributed by atoms with Gasteiger partial charge < -0.3 is 19.5 Å². The van der Waals surface area contributed by atoms with E-state index in [0.717, 1.165) is 31.2 Å². The molecule has 0 amide bonds. The van der Waals surface area contributed by atoms with Gasteiger partial charge in [0.2, 0.25) is 0 Å². The Bertz CT molecular complexity index is 824. The number of benzene rings is 2. The Hall–Kier alpha value is -1.99. The van der Waals surface area contributed by atoms with Gasteiger partial charge in [-0.25, -0.2) is 4.79 Å². The largest absolute Gasteiger partial charge is 0.491 e. The number of nitrogens with zero attached hydrogens (tertiary/aromatic N) is 2. The summed E-state index contributed by atoms with van der Waals surface area (Å²) < 4.78 is 10.3. The summed E-state index contributed by atoms with van der Waals surface area (Å²) in [6.07, 6.45) is -0.588. The normalized spacial score (nSPS) is 15.3. The molecular weight excluding hydrogens is 427 g/mol. The first-order chi connectivity index (χ1) is 14.0. The van der Waals surface area contributed by atoms with Gasteiger partial charge in [0.15, 0.2) is 0 Å². The van der Waals surface area contributed by atoms with Crippen LogP contribution in [0.4, 0.5) is 5.69 Å². The maximum Gasteiger partial charge on any atom is 0.337 e. The van der Waals surface area contributed by atoms with Gasteiger partial charge >= 0.3 is 5.97 Å². The van der Waals surface area contributed by atoms with E-state index in [9.17, 15) is 9.90 Å². The molecule has 30 heavy (non-hydrogen) atoms. The van der Waals surface area contributed by atoms with E-state index in [-0.39, 0.29) is 25.0 Å². The van der Waals surface area contributed by atoms with Gasteiger partial charge in [-0.15, -0.1) is 12.4 Å². The van der Waals surface area contributed by atoms with Gasteiger partial charge in [0.05, 0.1) is 12.7 Å². The van der Waals surface area contributed by atoms with Crippen LogP contribution in [0.2, 0.25) is 5.02 Å². The highest BCUT2D eigenvalue weighted by molar-refractivity contribution is 6.30. The Balaban J connectivity index is 0.00000320. The fraction of sp³-hybridized carbons (Fsp3) is 0.409. The van der Waals surface area contributed by atoms with Gasteiger partial charge in [-0.3, -0.25) is 4.90 Å². The first kappa shape index (κ1) is 24.3. The third kappa shape index (κ3) is 6.51. The zero-order chi connectivity index (χ0) is 20.8. The van der Waals surface area contributed by atoms with Gasteiger partial charge in [-0.1, -0.05) is 17.7 Å². The molecule has 3 rings (SSSR count). The van der Waals surface area contributed by atoms with Crippen molar-refractivity contribution in [2.75, 3.05) is 51.3 Å². The van der Waals surface area contributed by atoms with Crippen LogP contribution in [-0.4, -0.2) is 68.5 Å². The maximum absolute atomic E-state index is 11.4. The Labute approximate surface area is 188 Å². The molecule has 6 nitrogen and oxygen atoms in total. The highest BCUT2D eigenvalue weighted by Gasteiger charge is 2.21. The van der Waals surface area contributed by atoms with Crippen LogP contribution in [-0.2, 0) is 4.74 Å². The fourth-order valence-corrected chi connectivity index (χ4v) is 3.61. The summed E-state index contributed by atoms with van der Waals surface area (Å²) in [6.45, 7) is 6.38. The molecule has 0 bridgehead atoms. The van der Waals surface area contributed by atoms with Crippen molar-refractivity contribution in [3.8, 4) is 5.75 Å². The van der Waals surface area contributed by atoms with E-state index in [1.165, 1.54) is 18.4 Å². The number of methoxy groups -OCH3 is 1. The quantitative estimate of drug-likeness (QED) is 0.646. The molecule has 2 aromatic carbocycles. The molecule has 1 saturated heterocycles. The van der Waals surface area contributed by atoms with Crippen LogP contribution in [0.25, 0.3) is 0 Å². The third-order valence-electron chi connectivity index (χ3n) is 5.07. The number of rotatable bonds is 7. The number of carbonyl (C=O) groups is 1. The molecule has 0 aromatic heterocycles. The van der Waals surface area contributed by atoms with E-state index in [2.05, 4.69) is 21.5 Å². The summed E-state index contributed by atoms with van der Waals surface area (Å²) in [5, 5.41) is 11.1. The average Bonchev–Trinajstić information content (AvgIpc) is 2.74. The molecule has 1 unspecified atom stereocenters. The second-order valence-electron chi connectivity index (χ2n) is 7.20. The molecule has 8 heteroatoms. The Morgan fingerprint density at radius 1 is 1.13 bits per heavy atom. The Morgan fingerprint density at radius 2 is 1.80 bits per heavy atom. The standard InChI is InChI=1S/C22H27ClN2O4.ClH/c1-16-3-6-18(23)13-21(16)25-11-9-24(10-12-25)14-19(26)15-29-20-7-4-17(5-8-20)22(27)28-2;/h3-8,13,19,26H,9-12,14-15H2,1-2H3;1H. The predicted molar refractivity (Wildman–Crippen MR) is 121 cm³/mol. The molecule has 1 N–H and O–H groups in total. The summed E-state index contributed by atoms with van der Waals surface area (Å²) in [4.78, 5) is 16.0. The molecule has 2 aromatic rings. The van der Waals surface area contributed by atoms with E-state index in [0.29, 0.717) is 17.9 Å². The SMILES string of the molecule is COC(=O)c1ccc(OCC(O)CN2CCN(c3cc(Cl)ccc3C)CC2)cc1.Cl. The minimum Gasteiger partial charge on any atom is -0.491 e. The molecule has 1 aliphatic rings. The molecule has 1 aliphatic heterocycles. The molecule has 0 aliphatic carbocycles. The lowest BCUT2D eigenvalue weighted by atomic mass is 10.1. The zero-order valence-electron chi connectivity index (χ0n) is 17.2. The summed E-state index contributed by atoms with van der Waals surface area (Å²) in [6, 6.07) is 12.7. The van der Waals surface area contributed by atoms with E-state index >= 15 is 0 Å². The fourth-order valence-electron chi connectivity index (χ4n) is 3.44. The van der Waals surface area contributed by atoms with Gasteiger partial charge in [0.1, 0.15) is 18.5 Å². The van der Waals surface area contributed by atoms with Crippen molar-refractivity contribution < 1.29 is 19.4 Å². The number of hydrogen-bond donors (Lipinski definition) is 1. The molecule has 0 spiro atoms. The van der Waals surface area contributed by atoms with Crippen molar-refractivity contribution in [1.29, 1.82) is 0 Å². The monoisotopic (exact) mass is 454 g/mol. The van der Waals surface area contributed by atoms with Crippen LogP contribution in [0.3, 0.4) is 0 Å². The lowest BCUT2D eigenvalue weighted by Crippen LogP contribution is -2.49. The zero-order valence-corrected chi connectivity index (χ0v) is 18.8. The van der Waals surface area contributed by atoms with Crippen LogP contribution in [0.5, 0.6) is 5.75 Å². The van der Waals surface area contributed by atoms with Crippen LogP contribution >= 0.6 is 24.0 Å². The van der Waals surface area contributed by atoms with Gasteiger partial charge in [0.25, 0.3) is 0 Å². The second-order valence-corrected chi connectivity index (χ2v) is 7.64. The number of aryl methyl sites for hydroxylation is 1. The molecule has 1 fully saturated rings. The van der Waals surface area contributed by atoms with E-state index in [1.807, 2.05) is 18.2 Å². The lowest BCUT2D eigenvalue weighted by Gasteiger charge is -2.37. The maximum atomic E-state index is 11.4.